The van der Waals surface area contributed by atoms with Gasteiger partial charge in [0.1, 0.15) is 0 Å². The first kappa shape index (κ1) is 15.0. The Morgan fingerprint density at radius 2 is 1.77 bits per heavy atom. The van der Waals surface area contributed by atoms with Gasteiger partial charge < -0.3 is 15.1 Å². The van der Waals surface area contributed by atoms with Gasteiger partial charge in [0, 0.05) is 32.7 Å². The van der Waals surface area contributed by atoms with E-state index in [4.69, 9.17) is 0 Å². The van der Waals surface area contributed by atoms with Gasteiger partial charge in [0.05, 0.1) is 11.8 Å². The Balaban J connectivity index is 1.45. The predicted octanol–water partition coefficient (Wildman–Crippen LogP) is 0.713. The van der Waals surface area contributed by atoms with Crippen molar-refractivity contribution in [2.45, 2.75) is 13.0 Å². The van der Waals surface area contributed by atoms with Gasteiger partial charge in [-0.05, 0) is 19.0 Å². The zero-order valence-corrected chi connectivity index (χ0v) is 13.0. The molecule has 1 saturated heterocycles. The molecule has 1 heterocycles. The fraction of sp³-hybridized carbons (Fsp3) is 0.529. The lowest BCUT2D eigenvalue weighted by Crippen LogP contribution is -2.48. The lowest BCUT2D eigenvalue weighted by atomic mass is 10.2. The van der Waals surface area contributed by atoms with Crippen LogP contribution in [0.1, 0.15) is 12.0 Å². The summed E-state index contributed by atoms with van der Waals surface area (Å²) < 4.78 is 0. The molecule has 1 saturated carbocycles. The zero-order chi connectivity index (χ0) is 15.5. The molecule has 2 amide bonds. The molecular weight excluding hydrogens is 278 g/mol. The molecule has 0 radical (unpaired) electrons. The summed E-state index contributed by atoms with van der Waals surface area (Å²) in [5, 5.41) is 2.94. The Bertz CT molecular complexity index is 538. The molecule has 22 heavy (non-hydrogen) atoms. The Morgan fingerprint density at radius 3 is 2.45 bits per heavy atom. The monoisotopic (exact) mass is 301 g/mol. The van der Waals surface area contributed by atoms with Crippen LogP contribution in [0.2, 0.25) is 0 Å². The van der Waals surface area contributed by atoms with Crippen molar-refractivity contribution < 1.29 is 9.59 Å². The van der Waals surface area contributed by atoms with Crippen LogP contribution in [-0.2, 0) is 16.1 Å². The second-order valence-electron chi connectivity index (χ2n) is 6.28. The van der Waals surface area contributed by atoms with Crippen molar-refractivity contribution in [1.82, 2.24) is 15.1 Å². The van der Waals surface area contributed by atoms with Gasteiger partial charge in [0.25, 0.3) is 0 Å². The first-order valence-corrected chi connectivity index (χ1v) is 7.94. The fourth-order valence-corrected chi connectivity index (χ4v) is 2.94. The highest BCUT2D eigenvalue weighted by molar-refractivity contribution is 5.92. The predicted molar refractivity (Wildman–Crippen MR) is 84.0 cm³/mol. The Morgan fingerprint density at radius 1 is 1.09 bits per heavy atom. The van der Waals surface area contributed by atoms with Gasteiger partial charge in [-0.15, -0.1) is 0 Å². The highest BCUT2D eigenvalue weighted by Crippen LogP contribution is 2.40. The Kier molecular flexibility index (Phi) is 4.43. The first-order chi connectivity index (χ1) is 10.6. The van der Waals surface area contributed by atoms with Gasteiger partial charge in [0.15, 0.2) is 0 Å². The molecule has 2 aliphatic rings. The number of piperazine rings is 1. The number of hydrogen-bond acceptors (Lipinski definition) is 3. The minimum atomic E-state index is -0.129. The topological polar surface area (TPSA) is 52.7 Å². The average Bonchev–Trinajstić information content (AvgIpc) is 3.34. The number of carbonyl (C=O) groups is 2. The molecule has 1 aromatic carbocycles. The lowest BCUT2D eigenvalue weighted by Gasteiger charge is -2.32. The maximum absolute atomic E-state index is 12.4. The number of nitrogens with one attached hydrogen (secondary N) is 1. The van der Waals surface area contributed by atoms with Gasteiger partial charge in [0.2, 0.25) is 11.8 Å². The van der Waals surface area contributed by atoms with Gasteiger partial charge in [-0.1, -0.05) is 30.3 Å². The van der Waals surface area contributed by atoms with Crippen LogP contribution < -0.4 is 5.32 Å². The second-order valence-corrected chi connectivity index (χ2v) is 6.28. The van der Waals surface area contributed by atoms with E-state index in [1.54, 1.807) is 0 Å². The molecule has 1 N–H and O–H groups in total. The third-order valence-corrected chi connectivity index (χ3v) is 4.57. The van der Waals surface area contributed by atoms with Crippen molar-refractivity contribution in [3.05, 3.63) is 35.9 Å². The maximum Gasteiger partial charge on any atom is 0.226 e. The molecule has 2 unspecified atom stereocenters. The van der Waals surface area contributed by atoms with Crippen LogP contribution in [-0.4, -0.2) is 54.8 Å². The molecule has 3 rings (SSSR count). The molecule has 0 bridgehead atoms. The summed E-state index contributed by atoms with van der Waals surface area (Å²) in [6.07, 6.45) is 0.700. The molecule has 2 fully saturated rings. The van der Waals surface area contributed by atoms with E-state index in [-0.39, 0.29) is 23.7 Å². The van der Waals surface area contributed by atoms with Crippen LogP contribution in [0.5, 0.6) is 0 Å². The van der Waals surface area contributed by atoms with Crippen LogP contribution in [0, 0.1) is 11.8 Å². The van der Waals surface area contributed by atoms with Crippen LogP contribution in [0.25, 0.3) is 0 Å². The van der Waals surface area contributed by atoms with Crippen LogP contribution in [0.15, 0.2) is 30.3 Å². The quantitative estimate of drug-likeness (QED) is 0.891. The SMILES string of the molecule is CN1CCN(C(=O)C2CC2C(=O)NCc2ccccc2)CC1. The summed E-state index contributed by atoms with van der Waals surface area (Å²) in [6, 6.07) is 9.84. The van der Waals surface area contributed by atoms with Crippen molar-refractivity contribution >= 4 is 11.8 Å². The van der Waals surface area contributed by atoms with Gasteiger partial charge in [-0.2, -0.15) is 0 Å². The normalized spacial score (nSPS) is 24.9. The number of rotatable bonds is 4. The van der Waals surface area contributed by atoms with E-state index in [1.807, 2.05) is 35.2 Å². The minimum absolute atomic E-state index is 0.0105. The summed E-state index contributed by atoms with van der Waals surface area (Å²) >= 11 is 0. The first-order valence-electron chi connectivity index (χ1n) is 7.94. The smallest absolute Gasteiger partial charge is 0.226 e. The third-order valence-electron chi connectivity index (χ3n) is 4.57. The van der Waals surface area contributed by atoms with E-state index in [1.165, 1.54) is 0 Å². The van der Waals surface area contributed by atoms with Crippen LogP contribution >= 0.6 is 0 Å². The number of hydrogen-bond donors (Lipinski definition) is 1. The van der Waals surface area contributed by atoms with E-state index in [0.29, 0.717) is 13.0 Å². The molecule has 2 atom stereocenters. The van der Waals surface area contributed by atoms with E-state index in [9.17, 15) is 9.59 Å². The minimum Gasteiger partial charge on any atom is -0.352 e. The Labute approximate surface area is 131 Å². The van der Waals surface area contributed by atoms with Gasteiger partial charge >= 0.3 is 0 Å². The Hall–Kier alpha value is -1.88. The molecular formula is C17H23N3O2. The molecule has 1 aliphatic heterocycles. The van der Waals surface area contributed by atoms with Crippen LogP contribution in [0.3, 0.4) is 0 Å². The summed E-state index contributed by atoms with van der Waals surface area (Å²) in [5.41, 5.74) is 1.08. The molecule has 1 aromatic rings. The van der Waals surface area contributed by atoms with Gasteiger partial charge in [-0.3, -0.25) is 9.59 Å². The second kappa shape index (κ2) is 6.48. The highest BCUT2D eigenvalue weighted by Gasteiger charge is 2.49. The molecule has 0 aromatic heterocycles. The number of benzene rings is 1. The molecule has 0 spiro atoms. The van der Waals surface area contributed by atoms with Crippen molar-refractivity contribution in [3.8, 4) is 0 Å². The van der Waals surface area contributed by atoms with E-state index in [2.05, 4.69) is 17.3 Å². The van der Waals surface area contributed by atoms with Crippen molar-refractivity contribution in [2.75, 3.05) is 33.2 Å². The summed E-state index contributed by atoms with van der Waals surface area (Å²) in [4.78, 5) is 28.7. The largest absolute Gasteiger partial charge is 0.352 e. The number of carbonyl (C=O) groups excluding carboxylic acids is 2. The van der Waals surface area contributed by atoms with E-state index < -0.39 is 0 Å². The lowest BCUT2D eigenvalue weighted by molar-refractivity contribution is -0.136. The molecule has 118 valence electrons. The zero-order valence-electron chi connectivity index (χ0n) is 13.0. The molecule has 5 heteroatoms. The highest BCUT2D eigenvalue weighted by atomic mass is 16.2. The molecule has 5 nitrogen and oxygen atoms in total. The number of amides is 2. The summed E-state index contributed by atoms with van der Waals surface area (Å²) in [7, 11) is 2.07. The standard InChI is InChI=1S/C17H23N3O2/c1-19-7-9-20(10-8-19)17(22)15-11-14(15)16(21)18-12-13-5-3-2-4-6-13/h2-6,14-15H,7-12H2,1H3,(H,18,21). The third kappa shape index (κ3) is 3.47. The number of likely N-dealkylation sites (N-methyl/N-ethyl adjacent to an activating group) is 1. The summed E-state index contributed by atoms with van der Waals surface area (Å²) in [5.74, 6) is -0.0562. The van der Waals surface area contributed by atoms with E-state index in [0.717, 1.165) is 31.7 Å². The molecule has 1 aliphatic carbocycles. The van der Waals surface area contributed by atoms with Gasteiger partial charge in [-0.25, -0.2) is 0 Å². The summed E-state index contributed by atoms with van der Waals surface area (Å²) in [6.45, 7) is 3.94. The van der Waals surface area contributed by atoms with E-state index >= 15 is 0 Å². The van der Waals surface area contributed by atoms with Crippen molar-refractivity contribution in [2.24, 2.45) is 11.8 Å². The van der Waals surface area contributed by atoms with Crippen molar-refractivity contribution in [1.29, 1.82) is 0 Å². The van der Waals surface area contributed by atoms with Crippen LogP contribution in [0.4, 0.5) is 0 Å². The average molecular weight is 301 g/mol. The number of nitrogens with zero attached hydrogens (tertiary/aromatic N) is 2. The fourth-order valence-electron chi connectivity index (χ4n) is 2.94. The maximum atomic E-state index is 12.4. The van der Waals surface area contributed by atoms with Crippen molar-refractivity contribution in [3.63, 3.8) is 0 Å².